The molecule has 0 bridgehead atoms. The highest BCUT2D eigenvalue weighted by atomic mass is 32.2. The second-order valence-corrected chi connectivity index (χ2v) is 3.74. The smallest absolute Gasteiger partial charge is 0.313 e. The molecule has 83 valence electrons. The largest absolute Gasteiger partial charge is 0.481 e. The molecule has 1 radical (unpaired) electrons. The van der Waals surface area contributed by atoms with Crippen LogP contribution in [0.25, 0.3) is 0 Å². The van der Waals surface area contributed by atoms with Crippen LogP contribution in [0, 0.1) is 10.1 Å². The number of carboxylic acid groups (broad SMARTS) is 1. The highest BCUT2D eigenvalue weighted by molar-refractivity contribution is 8.00. The summed E-state index contributed by atoms with van der Waals surface area (Å²) in [5.74, 6) is -1.34. The third kappa shape index (κ3) is 3.06. The number of carbonyl (C=O) groups excluding carboxylic acids is 1. The van der Waals surface area contributed by atoms with Crippen LogP contribution < -0.4 is 0 Å². The molecule has 7 heteroatoms. The van der Waals surface area contributed by atoms with E-state index in [2.05, 4.69) is 0 Å². The standard InChI is InChI=1S/C9H6NO5S/c11-4-6-1-2-8(16-5-9(12)13)7(3-6)10(14)15/h1-3H,5H2,(H,12,13). The topological polar surface area (TPSA) is 97.5 Å². The highest BCUT2D eigenvalue weighted by Crippen LogP contribution is 2.29. The molecule has 1 aromatic rings. The van der Waals surface area contributed by atoms with Crippen LogP contribution in [0.15, 0.2) is 23.1 Å². The minimum atomic E-state index is -1.06. The number of aliphatic carboxylic acids is 1. The molecule has 0 unspecified atom stereocenters. The van der Waals surface area contributed by atoms with Crippen LogP contribution in [0.1, 0.15) is 5.56 Å². The molecule has 0 fully saturated rings. The van der Waals surface area contributed by atoms with Gasteiger partial charge in [0.05, 0.1) is 15.6 Å². The quantitative estimate of drug-likeness (QED) is 0.472. The van der Waals surface area contributed by atoms with Gasteiger partial charge in [0.2, 0.25) is 6.29 Å². The molecule has 1 rings (SSSR count). The molecule has 0 atom stereocenters. The van der Waals surface area contributed by atoms with E-state index < -0.39 is 10.9 Å². The van der Waals surface area contributed by atoms with Crippen molar-refractivity contribution >= 4 is 29.7 Å². The van der Waals surface area contributed by atoms with Gasteiger partial charge < -0.3 is 5.11 Å². The van der Waals surface area contributed by atoms with Crippen LogP contribution in [0.2, 0.25) is 0 Å². The van der Waals surface area contributed by atoms with E-state index in [1.165, 1.54) is 18.4 Å². The Morgan fingerprint density at radius 3 is 2.75 bits per heavy atom. The summed E-state index contributed by atoms with van der Waals surface area (Å²) in [5, 5.41) is 19.1. The van der Waals surface area contributed by atoms with Crippen LogP contribution in [0.5, 0.6) is 0 Å². The lowest BCUT2D eigenvalue weighted by atomic mass is 10.2. The molecule has 6 nitrogen and oxygen atoms in total. The average molecular weight is 240 g/mol. The lowest BCUT2D eigenvalue weighted by molar-refractivity contribution is -0.387. The Balaban J connectivity index is 3.03. The van der Waals surface area contributed by atoms with E-state index in [-0.39, 0.29) is 21.9 Å². The van der Waals surface area contributed by atoms with Gasteiger partial charge in [0, 0.05) is 11.6 Å². The first kappa shape index (κ1) is 12.2. The molecular weight excluding hydrogens is 234 g/mol. The summed E-state index contributed by atoms with van der Waals surface area (Å²) in [4.78, 5) is 30.8. The third-order valence-corrected chi connectivity index (χ3v) is 2.67. The van der Waals surface area contributed by atoms with Gasteiger partial charge in [0.25, 0.3) is 5.69 Å². The van der Waals surface area contributed by atoms with Gasteiger partial charge in [-0.3, -0.25) is 19.7 Å². The fourth-order valence-corrected chi connectivity index (χ4v) is 1.71. The number of carbonyl (C=O) groups is 1. The van der Waals surface area contributed by atoms with E-state index in [0.29, 0.717) is 0 Å². The monoisotopic (exact) mass is 240 g/mol. The maximum Gasteiger partial charge on any atom is 0.313 e. The van der Waals surface area contributed by atoms with Gasteiger partial charge >= 0.3 is 5.97 Å². The molecule has 0 spiro atoms. The molecule has 0 aliphatic heterocycles. The first-order valence-corrected chi connectivity index (χ1v) is 5.04. The molecule has 0 saturated heterocycles. The van der Waals surface area contributed by atoms with Crippen molar-refractivity contribution < 1.29 is 19.6 Å². The molecule has 16 heavy (non-hydrogen) atoms. The normalized spacial score (nSPS) is 9.75. The first-order valence-electron chi connectivity index (χ1n) is 4.05. The number of carboxylic acids is 1. The van der Waals surface area contributed by atoms with Gasteiger partial charge in [-0.25, -0.2) is 0 Å². The van der Waals surface area contributed by atoms with Crippen molar-refractivity contribution in [3.8, 4) is 0 Å². The zero-order chi connectivity index (χ0) is 12.1. The summed E-state index contributed by atoms with van der Waals surface area (Å²) < 4.78 is 0. The van der Waals surface area contributed by atoms with Crippen molar-refractivity contribution in [2.75, 3.05) is 5.75 Å². The van der Waals surface area contributed by atoms with Crippen molar-refractivity contribution in [2.45, 2.75) is 4.90 Å². The molecule has 0 aromatic heterocycles. The summed E-state index contributed by atoms with van der Waals surface area (Å²) in [6.45, 7) is 0. The predicted molar refractivity (Wildman–Crippen MR) is 56.3 cm³/mol. The average Bonchev–Trinajstić information content (AvgIpc) is 2.25. The Morgan fingerprint density at radius 2 is 2.25 bits per heavy atom. The van der Waals surface area contributed by atoms with E-state index in [9.17, 15) is 19.7 Å². The SMILES string of the molecule is O=[C]c1ccc(SCC(=O)O)c([N+](=O)[O-])c1. The van der Waals surface area contributed by atoms with E-state index in [1.54, 1.807) is 0 Å². The van der Waals surface area contributed by atoms with Crippen LogP contribution in [-0.2, 0) is 9.59 Å². The summed E-state index contributed by atoms with van der Waals surface area (Å²) in [5.41, 5.74) is -0.224. The second-order valence-electron chi connectivity index (χ2n) is 2.72. The first-order chi connectivity index (χ1) is 7.54. The van der Waals surface area contributed by atoms with Gasteiger partial charge in [0.15, 0.2) is 0 Å². The number of benzene rings is 1. The summed E-state index contributed by atoms with van der Waals surface area (Å²) >= 11 is 0.832. The zero-order valence-corrected chi connectivity index (χ0v) is 8.69. The third-order valence-electron chi connectivity index (χ3n) is 1.62. The minimum Gasteiger partial charge on any atom is -0.481 e. The lowest BCUT2D eigenvalue weighted by Gasteiger charge is -2.00. The number of rotatable bonds is 5. The lowest BCUT2D eigenvalue weighted by Crippen LogP contribution is -1.99. The van der Waals surface area contributed by atoms with Crippen LogP contribution >= 0.6 is 11.8 Å². The highest BCUT2D eigenvalue weighted by Gasteiger charge is 2.16. The molecule has 0 heterocycles. The van der Waals surface area contributed by atoms with Crippen molar-refractivity contribution in [1.29, 1.82) is 0 Å². The maximum absolute atomic E-state index is 10.6. The predicted octanol–water partition coefficient (Wildman–Crippen LogP) is 1.23. The summed E-state index contributed by atoms with van der Waals surface area (Å²) in [7, 11) is 0. The fraction of sp³-hybridized carbons (Fsp3) is 0.111. The number of hydrogen-bond acceptors (Lipinski definition) is 5. The summed E-state index contributed by atoms with van der Waals surface area (Å²) in [6, 6.07) is 3.76. The van der Waals surface area contributed by atoms with Gasteiger partial charge in [-0.2, -0.15) is 0 Å². The Kier molecular flexibility index (Phi) is 4.01. The number of hydrogen-bond donors (Lipinski definition) is 1. The Labute approximate surface area is 94.4 Å². The van der Waals surface area contributed by atoms with E-state index in [0.717, 1.165) is 17.8 Å². The molecule has 0 amide bonds. The minimum absolute atomic E-state index is 0.0615. The number of nitrogens with zero attached hydrogens (tertiary/aromatic N) is 1. The van der Waals surface area contributed by atoms with Crippen molar-refractivity contribution in [3.63, 3.8) is 0 Å². The molecule has 1 N–H and O–H groups in total. The number of nitro groups is 1. The van der Waals surface area contributed by atoms with Gasteiger partial charge in [-0.05, 0) is 12.1 Å². The van der Waals surface area contributed by atoms with E-state index >= 15 is 0 Å². The van der Waals surface area contributed by atoms with Crippen LogP contribution in [0.4, 0.5) is 5.69 Å². The fourth-order valence-electron chi connectivity index (χ4n) is 0.985. The van der Waals surface area contributed by atoms with Crippen molar-refractivity contribution in [2.24, 2.45) is 0 Å². The maximum atomic E-state index is 10.6. The van der Waals surface area contributed by atoms with Gasteiger partial charge in [-0.15, -0.1) is 11.8 Å². The van der Waals surface area contributed by atoms with Crippen LogP contribution in [0.3, 0.4) is 0 Å². The van der Waals surface area contributed by atoms with Crippen molar-refractivity contribution in [3.05, 3.63) is 33.9 Å². The molecular formula is C9H6NO5S. The molecule has 0 saturated carbocycles. The van der Waals surface area contributed by atoms with E-state index in [4.69, 9.17) is 5.11 Å². The zero-order valence-electron chi connectivity index (χ0n) is 7.87. The molecule has 0 aliphatic carbocycles. The van der Waals surface area contributed by atoms with E-state index in [1.807, 2.05) is 0 Å². The Bertz CT molecular complexity index is 446. The van der Waals surface area contributed by atoms with Crippen molar-refractivity contribution in [1.82, 2.24) is 0 Å². The van der Waals surface area contributed by atoms with Crippen LogP contribution in [-0.4, -0.2) is 28.0 Å². The Hall–Kier alpha value is -1.89. The van der Waals surface area contributed by atoms with Gasteiger partial charge in [-0.1, -0.05) is 0 Å². The molecule has 0 aliphatic rings. The number of nitro benzene ring substituents is 1. The molecule has 1 aromatic carbocycles. The number of thioether (sulfide) groups is 1. The summed E-state index contributed by atoms with van der Waals surface area (Å²) in [6.07, 6.45) is 1.53. The second kappa shape index (κ2) is 5.26. The Morgan fingerprint density at radius 1 is 1.56 bits per heavy atom. The van der Waals surface area contributed by atoms with Gasteiger partial charge in [0.1, 0.15) is 0 Å².